The van der Waals surface area contributed by atoms with Crippen molar-refractivity contribution in [2.45, 2.75) is 18.7 Å². The molecule has 0 saturated carbocycles. The zero-order valence-electron chi connectivity index (χ0n) is 12.4. The highest BCUT2D eigenvalue weighted by Gasteiger charge is 2.24. The molecular formula is C15H19N3O2S. The molecule has 1 aromatic heterocycles. The van der Waals surface area contributed by atoms with Gasteiger partial charge in [-0.15, -0.1) is 0 Å². The van der Waals surface area contributed by atoms with Crippen molar-refractivity contribution in [2.75, 3.05) is 23.2 Å². The second kappa shape index (κ2) is 6.13. The lowest BCUT2D eigenvalue weighted by Crippen LogP contribution is -2.27. The molecule has 0 unspecified atom stereocenters. The number of pyridine rings is 1. The molecule has 0 aliphatic heterocycles. The van der Waals surface area contributed by atoms with Gasteiger partial charge >= 0.3 is 0 Å². The maximum absolute atomic E-state index is 12.8. The molecular weight excluding hydrogens is 286 g/mol. The lowest BCUT2D eigenvalue weighted by atomic mass is 10.2. The molecule has 0 atom stereocenters. The number of nitrogens with one attached hydrogen (secondary N) is 1. The van der Waals surface area contributed by atoms with Crippen LogP contribution in [0, 0.1) is 6.92 Å². The number of anilines is 2. The first kappa shape index (κ1) is 15.3. The Morgan fingerprint density at radius 2 is 1.86 bits per heavy atom. The summed E-state index contributed by atoms with van der Waals surface area (Å²) in [6.07, 6.45) is 1.57. The first-order valence-corrected chi connectivity index (χ1v) is 8.15. The Labute approximate surface area is 125 Å². The van der Waals surface area contributed by atoms with Crippen molar-refractivity contribution in [3.8, 4) is 0 Å². The quantitative estimate of drug-likeness (QED) is 0.922. The smallest absolute Gasteiger partial charge is 0.267 e. The number of aromatic nitrogens is 1. The van der Waals surface area contributed by atoms with Crippen molar-refractivity contribution < 1.29 is 8.42 Å². The van der Waals surface area contributed by atoms with Crippen molar-refractivity contribution in [3.05, 3.63) is 48.2 Å². The van der Waals surface area contributed by atoms with E-state index >= 15 is 0 Å². The number of aryl methyl sites for hydroxylation is 1. The molecule has 6 heteroatoms. The predicted octanol–water partition coefficient (Wildman–Crippen LogP) is 2.65. The van der Waals surface area contributed by atoms with E-state index in [0.717, 1.165) is 5.56 Å². The molecule has 0 spiro atoms. The number of benzene rings is 1. The van der Waals surface area contributed by atoms with Crippen LogP contribution in [0.4, 0.5) is 11.5 Å². The molecule has 2 rings (SSSR count). The van der Waals surface area contributed by atoms with Gasteiger partial charge in [0.2, 0.25) is 0 Å². The Morgan fingerprint density at radius 3 is 2.48 bits per heavy atom. The molecule has 112 valence electrons. The zero-order chi connectivity index (χ0) is 15.5. The van der Waals surface area contributed by atoms with Crippen molar-refractivity contribution >= 4 is 21.5 Å². The molecule has 1 N–H and O–H groups in total. The molecule has 1 heterocycles. The first-order chi connectivity index (χ1) is 9.96. The minimum atomic E-state index is -3.65. The molecule has 0 fully saturated rings. The Morgan fingerprint density at radius 1 is 1.19 bits per heavy atom. The van der Waals surface area contributed by atoms with Crippen LogP contribution in [-0.2, 0) is 10.0 Å². The maximum Gasteiger partial charge on any atom is 0.267 e. The van der Waals surface area contributed by atoms with Crippen molar-refractivity contribution in [3.63, 3.8) is 0 Å². The highest BCUT2D eigenvalue weighted by Crippen LogP contribution is 2.26. The second-order valence-electron chi connectivity index (χ2n) is 4.69. The van der Waals surface area contributed by atoms with Crippen molar-refractivity contribution in [1.29, 1.82) is 0 Å². The van der Waals surface area contributed by atoms with Gasteiger partial charge in [-0.05, 0) is 38.1 Å². The molecule has 0 radical (unpaired) electrons. The van der Waals surface area contributed by atoms with Crippen molar-refractivity contribution in [1.82, 2.24) is 4.98 Å². The zero-order valence-corrected chi connectivity index (χ0v) is 13.2. The third-order valence-corrected chi connectivity index (χ3v) is 4.97. The van der Waals surface area contributed by atoms with Crippen LogP contribution in [-0.4, -0.2) is 27.0 Å². The van der Waals surface area contributed by atoms with E-state index in [-0.39, 0.29) is 4.90 Å². The molecule has 1 aromatic carbocycles. The van der Waals surface area contributed by atoms with Crippen LogP contribution in [0.15, 0.2) is 47.5 Å². The maximum atomic E-state index is 12.8. The topological polar surface area (TPSA) is 62.3 Å². The molecule has 0 aliphatic carbocycles. The normalized spacial score (nSPS) is 11.2. The number of sulfonamides is 1. The van der Waals surface area contributed by atoms with Crippen LogP contribution in [0.1, 0.15) is 12.5 Å². The van der Waals surface area contributed by atoms with Gasteiger partial charge in [-0.1, -0.05) is 17.7 Å². The Hall–Kier alpha value is -2.08. The summed E-state index contributed by atoms with van der Waals surface area (Å²) in [6.45, 7) is 4.46. The van der Waals surface area contributed by atoms with Gasteiger partial charge in [0.05, 0.1) is 5.69 Å². The average Bonchev–Trinajstić information content (AvgIpc) is 2.48. The summed E-state index contributed by atoms with van der Waals surface area (Å²) in [5.74, 6) is 0.374. The molecule has 0 saturated heterocycles. The molecule has 0 aliphatic rings. The number of hydrogen-bond donors (Lipinski definition) is 1. The van der Waals surface area contributed by atoms with E-state index in [1.54, 1.807) is 37.5 Å². The van der Waals surface area contributed by atoms with E-state index in [4.69, 9.17) is 0 Å². The number of hydrogen-bond acceptors (Lipinski definition) is 4. The van der Waals surface area contributed by atoms with Crippen molar-refractivity contribution in [2.24, 2.45) is 0 Å². The summed E-state index contributed by atoms with van der Waals surface area (Å²) < 4.78 is 26.8. The van der Waals surface area contributed by atoms with Crippen LogP contribution in [0.2, 0.25) is 0 Å². The fourth-order valence-electron chi connectivity index (χ4n) is 1.94. The number of rotatable bonds is 5. The molecule has 0 amide bonds. The summed E-state index contributed by atoms with van der Waals surface area (Å²) in [7, 11) is -2.11. The van der Waals surface area contributed by atoms with Gasteiger partial charge in [-0.2, -0.15) is 0 Å². The third-order valence-electron chi connectivity index (χ3n) is 3.15. The number of nitrogens with zero attached hydrogens (tertiary/aromatic N) is 2. The van der Waals surface area contributed by atoms with E-state index in [1.807, 2.05) is 26.0 Å². The SMILES string of the molecule is CCNc1ncccc1S(=O)(=O)N(C)c1ccc(C)cc1. The highest BCUT2D eigenvalue weighted by molar-refractivity contribution is 7.93. The van der Waals surface area contributed by atoms with Crippen LogP contribution in [0.5, 0.6) is 0 Å². The van der Waals surface area contributed by atoms with Gasteiger partial charge in [0, 0.05) is 19.8 Å². The standard InChI is InChI=1S/C15H19N3O2S/c1-4-16-15-14(6-5-11-17-15)21(19,20)18(3)13-9-7-12(2)8-10-13/h5-11H,4H2,1-3H3,(H,16,17). The van der Waals surface area contributed by atoms with Crippen LogP contribution < -0.4 is 9.62 Å². The second-order valence-corrected chi connectivity index (χ2v) is 6.63. The largest absolute Gasteiger partial charge is 0.369 e. The summed E-state index contributed by atoms with van der Waals surface area (Å²) in [6, 6.07) is 10.5. The average molecular weight is 305 g/mol. The monoisotopic (exact) mass is 305 g/mol. The third kappa shape index (κ3) is 3.16. The molecule has 21 heavy (non-hydrogen) atoms. The van der Waals surface area contributed by atoms with Gasteiger partial charge < -0.3 is 5.32 Å². The molecule has 0 bridgehead atoms. The Balaban J connectivity index is 2.44. The minimum absolute atomic E-state index is 0.176. The van der Waals surface area contributed by atoms with E-state index in [9.17, 15) is 8.42 Å². The van der Waals surface area contributed by atoms with Crippen LogP contribution in [0.25, 0.3) is 0 Å². The minimum Gasteiger partial charge on any atom is -0.369 e. The van der Waals surface area contributed by atoms with Gasteiger partial charge in [0.25, 0.3) is 10.0 Å². The highest BCUT2D eigenvalue weighted by atomic mass is 32.2. The molecule has 5 nitrogen and oxygen atoms in total. The predicted molar refractivity (Wildman–Crippen MR) is 85.2 cm³/mol. The van der Waals surface area contributed by atoms with Crippen LogP contribution >= 0.6 is 0 Å². The van der Waals surface area contributed by atoms with Crippen LogP contribution in [0.3, 0.4) is 0 Å². The molecule has 2 aromatic rings. The first-order valence-electron chi connectivity index (χ1n) is 6.71. The summed E-state index contributed by atoms with van der Waals surface area (Å²) in [5.41, 5.74) is 1.70. The lowest BCUT2D eigenvalue weighted by molar-refractivity contribution is 0.594. The van der Waals surface area contributed by atoms with Gasteiger partial charge in [-0.25, -0.2) is 13.4 Å². The fraction of sp³-hybridized carbons (Fsp3) is 0.267. The fourth-order valence-corrected chi connectivity index (χ4v) is 3.25. The van der Waals surface area contributed by atoms with E-state index < -0.39 is 10.0 Å². The Kier molecular flexibility index (Phi) is 4.47. The lowest BCUT2D eigenvalue weighted by Gasteiger charge is -2.21. The van der Waals surface area contributed by atoms with E-state index in [2.05, 4.69) is 10.3 Å². The van der Waals surface area contributed by atoms with Gasteiger partial charge in [-0.3, -0.25) is 4.31 Å². The van der Waals surface area contributed by atoms with Gasteiger partial charge in [0.15, 0.2) is 0 Å². The van der Waals surface area contributed by atoms with E-state index in [1.165, 1.54) is 4.31 Å². The van der Waals surface area contributed by atoms with Gasteiger partial charge in [0.1, 0.15) is 10.7 Å². The summed E-state index contributed by atoms with van der Waals surface area (Å²) in [4.78, 5) is 4.28. The van der Waals surface area contributed by atoms with E-state index in [0.29, 0.717) is 18.1 Å². The summed E-state index contributed by atoms with van der Waals surface area (Å²) in [5, 5.41) is 2.98. The summed E-state index contributed by atoms with van der Waals surface area (Å²) >= 11 is 0. The Bertz CT molecular complexity index is 712.